The zero-order valence-corrected chi connectivity index (χ0v) is 12.5. The highest BCUT2D eigenvalue weighted by molar-refractivity contribution is 9.10. The summed E-state index contributed by atoms with van der Waals surface area (Å²) in [7, 11) is 0. The lowest BCUT2D eigenvalue weighted by atomic mass is 10.2. The second-order valence-electron chi connectivity index (χ2n) is 3.26. The third-order valence-corrected chi connectivity index (χ3v) is 3.30. The summed E-state index contributed by atoms with van der Waals surface area (Å²) in [5.41, 5.74) is 1.16. The molecule has 0 aliphatic rings. The summed E-state index contributed by atoms with van der Waals surface area (Å²) in [6, 6.07) is 6.05. The van der Waals surface area contributed by atoms with Gasteiger partial charge in [-0.25, -0.2) is 0 Å². The van der Waals surface area contributed by atoms with Crippen LogP contribution in [0.2, 0.25) is 0 Å². The molecule has 0 N–H and O–H groups in total. The number of benzene rings is 1. The van der Waals surface area contributed by atoms with Crippen molar-refractivity contribution in [1.29, 1.82) is 0 Å². The van der Waals surface area contributed by atoms with E-state index in [1.54, 1.807) is 0 Å². The summed E-state index contributed by atoms with van der Waals surface area (Å²) in [4.78, 5) is 0. The van der Waals surface area contributed by atoms with Gasteiger partial charge in [0.05, 0.1) is 11.1 Å². The van der Waals surface area contributed by atoms with Crippen LogP contribution in [0.3, 0.4) is 0 Å². The Kier molecular flexibility index (Phi) is 7.08. The number of para-hydroxylation sites is 1. The van der Waals surface area contributed by atoms with Crippen LogP contribution in [-0.2, 0) is 10.1 Å². The quantitative estimate of drug-likeness (QED) is 0.542. The molecule has 0 aliphatic carbocycles. The van der Waals surface area contributed by atoms with Crippen LogP contribution in [0.15, 0.2) is 22.7 Å². The summed E-state index contributed by atoms with van der Waals surface area (Å²) >= 11 is 6.94. The maximum atomic E-state index is 5.75. The molecule has 0 fully saturated rings. The fraction of sp³-hybridized carbons (Fsp3) is 0.500. The molecule has 0 saturated heterocycles. The van der Waals surface area contributed by atoms with Crippen LogP contribution >= 0.6 is 31.9 Å². The van der Waals surface area contributed by atoms with E-state index in [2.05, 4.69) is 37.9 Å². The van der Waals surface area contributed by atoms with Crippen LogP contribution in [-0.4, -0.2) is 19.8 Å². The van der Waals surface area contributed by atoms with Gasteiger partial charge in [0.2, 0.25) is 0 Å². The molecule has 16 heavy (non-hydrogen) atoms. The predicted molar refractivity (Wildman–Crippen MR) is 73.4 cm³/mol. The number of hydrogen-bond acceptors (Lipinski definition) is 2. The lowest BCUT2D eigenvalue weighted by Gasteiger charge is -2.11. The van der Waals surface area contributed by atoms with E-state index in [1.807, 2.05) is 19.1 Å². The lowest BCUT2D eigenvalue weighted by Crippen LogP contribution is -2.04. The highest BCUT2D eigenvalue weighted by Gasteiger charge is 2.06. The first kappa shape index (κ1) is 14.0. The number of rotatable bonds is 7. The normalized spacial score (nSPS) is 10.4. The fourth-order valence-electron chi connectivity index (χ4n) is 1.30. The van der Waals surface area contributed by atoms with Gasteiger partial charge in [0.1, 0.15) is 5.75 Å². The van der Waals surface area contributed by atoms with Crippen LogP contribution in [0.1, 0.15) is 18.9 Å². The zero-order valence-electron chi connectivity index (χ0n) is 9.34. The second-order valence-corrected chi connectivity index (χ2v) is 4.68. The monoisotopic (exact) mass is 350 g/mol. The van der Waals surface area contributed by atoms with E-state index in [9.17, 15) is 0 Å². The fourth-order valence-corrected chi connectivity index (χ4v) is 2.26. The van der Waals surface area contributed by atoms with Crippen molar-refractivity contribution >= 4 is 31.9 Å². The third kappa shape index (κ3) is 4.44. The molecule has 0 radical (unpaired) electrons. The molecule has 1 rings (SSSR count). The molecule has 0 unspecified atom stereocenters. The van der Waals surface area contributed by atoms with Gasteiger partial charge in [-0.1, -0.05) is 28.1 Å². The van der Waals surface area contributed by atoms with Crippen LogP contribution in [0, 0.1) is 0 Å². The topological polar surface area (TPSA) is 18.5 Å². The Bertz CT molecular complexity index is 316. The van der Waals surface area contributed by atoms with Gasteiger partial charge in [0.25, 0.3) is 0 Å². The van der Waals surface area contributed by atoms with Gasteiger partial charge < -0.3 is 9.47 Å². The first-order valence-corrected chi connectivity index (χ1v) is 7.25. The molecule has 90 valence electrons. The minimum atomic E-state index is 0.683. The SMILES string of the molecule is CCOCCCOc1c(Br)cccc1CBr. The first-order valence-electron chi connectivity index (χ1n) is 5.33. The predicted octanol–water partition coefficient (Wildman–Crippen LogP) is 4.15. The van der Waals surface area contributed by atoms with E-state index < -0.39 is 0 Å². The Balaban J connectivity index is 2.46. The molecular formula is C12H16Br2O2. The Labute approximate surface area is 114 Å². The minimum Gasteiger partial charge on any atom is -0.492 e. The average molecular weight is 352 g/mol. The van der Waals surface area contributed by atoms with Gasteiger partial charge in [-0.05, 0) is 28.9 Å². The zero-order chi connectivity index (χ0) is 11.8. The van der Waals surface area contributed by atoms with E-state index in [0.717, 1.165) is 40.8 Å². The van der Waals surface area contributed by atoms with Crippen molar-refractivity contribution in [3.63, 3.8) is 0 Å². The highest BCUT2D eigenvalue weighted by atomic mass is 79.9. The smallest absolute Gasteiger partial charge is 0.137 e. The minimum absolute atomic E-state index is 0.683. The van der Waals surface area contributed by atoms with Crippen molar-refractivity contribution in [1.82, 2.24) is 0 Å². The molecule has 0 saturated carbocycles. The molecular weight excluding hydrogens is 336 g/mol. The maximum absolute atomic E-state index is 5.75. The van der Waals surface area contributed by atoms with Crippen LogP contribution in [0.25, 0.3) is 0 Å². The summed E-state index contributed by atoms with van der Waals surface area (Å²) < 4.78 is 12.0. The Morgan fingerprint density at radius 3 is 2.75 bits per heavy atom. The second kappa shape index (κ2) is 8.09. The molecule has 1 aromatic carbocycles. The molecule has 0 heterocycles. The average Bonchev–Trinajstić information content (AvgIpc) is 2.30. The summed E-state index contributed by atoms with van der Waals surface area (Å²) in [5.74, 6) is 0.927. The van der Waals surface area contributed by atoms with Crippen LogP contribution in [0.4, 0.5) is 0 Å². The standard InChI is InChI=1S/C12H16Br2O2/c1-2-15-7-4-8-16-12-10(9-13)5-3-6-11(12)14/h3,5-6H,2,4,7-9H2,1H3. The number of hydrogen-bond donors (Lipinski definition) is 0. The van der Waals surface area contributed by atoms with Gasteiger partial charge in [-0.2, -0.15) is 0 Å². The van der Waals surface area contributed by atoms with E-state index in [0.29, 0.717) is 6.61 Å². The highest BCUT2D eigenvalue weighted by Crippen LogP contribution is 2.30. The van der Waals surface area contributed by atoms with Gasteiger partial charge in [-0.15, -0.1) is 0 Å². The Morgan fingerprint density at radius 1 is 1.25 bits per heavy atom. The summed E-state index contributed by atoms with van der Waals surface area (Å²) in [5, 5.41) is 0.799. The first-order chi connectivity index (χ1) is 7.79. The van der Waals surface area contributed by atoms with Gasteiger partial charge in [-0.3, -0.25) is 0 Å². The number of halogens is 2. The van der Waals surface area contributed by atoms with Gasteiger partial charge in [0.15, 0.2) is 0 Å². The van der Waals surface area contributed by atoms with Crippen molar-refractivity contribution in [2.45, 2.75) is 18.7 Å². The molecule has 0 aromatic heterocycles. The van der Waals surface area contributed by atoms with Gasteiger partial charge >= 0.3 is 0 Å². The molecule has 0 spiro atoms. The molecule has 2 nitrogen and oxygen atoms in total. The number of alkyl halides is 1. The molecule has 0 bridgehead atoms. The van der Waals surface area contributed by atoms with Crippen molar-refractivity contribution in [2.75, 3.05) is 19.8 Å². The molecule has 1 aromatic rings. The van der Waals surface area contributed by atoms with Crippen molar-refractivity contribution in [2.24, 2.45) is 0 Å². The Morgan fingerprint density at radius 2 is 2.06 bits per heavy atom. The van der Waals surface area contributed by atoms with E-state index in [4.69, 9.17) is 9.47 Å². The third-order valence-electron chi connectivity index (χ3n) is 2.08. The van der Waals surface area contributed by atoms with Crippen molar-refractivity contribution in [3.05, 3.63) is 28.2 Å². The van der Waals surface area contributed by atoms with E-state index in [1.165, 1.54) is 0 Å². The largest absolute Gasteiger partial charge is 0.492 e. The Hall–Kier alpha value is -0.0600. The molecule has 4 heteroatoms. The molecule has 0 atom stereocenters. The summed E-state index contributed by atoms with van der Waals surface area (Å²) in [6.45, 7) is 4.20. The van der Waals surface area contributed by atoms with Gasteiger partial charge in [0, 0.05) is 30.5 Å². The van der Waals surface area contributed by atoms with E-state index in [-0.39, 0.29) is 0 Å². The van der Waals surface area contributed by atoms with Crippen LogP contribution < -0.4 is 4.74 Å². The lowest BCUT2D eigenvalue weighted by molar-refractivity contribution is 0.130. The maximum Gasteiger partial charge on any atom is 0.137 e. The van der Waals surface area contributed by atoms with Crippen LogP contribution in [0.5, 0.6) is 5.75 Å². The summed E-state index contributed by atoms with van der Waals surface area (Å²) in [6.07, 6.45) is 0.914. The molecule has 0 amide bonds. The molecule has 0 aliphatic heterocycles. The number of ether oxygens (including phenoxy) is 2. The van der Waals surface area contributed by atoms with E-state index >= 15 is 0 Å². The van der Waals surface area contributed by atoms with Crippen molar-refractivity contribution < 1.29 is 9.47 Å². The van der Waals surface area contributed by atoms with Crippen molar-refractivity contribution in [3.8, 4) is 5.75 Å².